The van der Waals surface area contributed by atoms with Crippen LogP contribution < -0.4 is 0 Å². The van der Waals surface area contributed by atoms with Gasteiger partial charge in [-0.25, -0.2) is 0 Å². The van der Waals surface area contributed by atoms with Crippen molar-refractivity contribution in [2.24, 2.45) is 5.92 Å². The number of carboxylic acid groups (broad SMARTS) is 1. The molecular formula is C15H20BrNO2. The van der Waals surface area contributed by atoms with E-state index in [0.29, 0.717) is 0 Å². The molecule has 1 fully saturated rings. The Bertz CT molecular complexity index is 467. The Balaban J connectivity index is 2.30. The quantitative estimate of drug-likeness (QED) is 0.927. The number of carbonyl (C=O) groups is 1. The minimum absolute atomic E-state index is 0.238. The monoisotopic (exact) mass is 325 g/mol. The number of halogens is 1. The summed E-state index contributed by atoms with van der Waals surface area (Å²) < 4.78 is 0.951. The molecule has 0 saturated carbocycles. The summed E-state index contributed by atoms with van der Waals surface area (Å²) in [7, 11) is 2.09. The van der Waals surface area contributed by atoms with Gasteiger partial charge in [-0.3, -0.25) is 4.79 Å². The van der Waals surface area contributed by atoms with Crippen molar-refractivity contribution in [3.05, 3.63) is 33.8 Å². The highest BCUT2D eigenvalue weighted by Crippen LogP contribution is 2.35. The molecular weight excluding hydrogens is 306 g/mol. The van der Waals surface area contributed by atoms with Crippen LogP contribution in [0.15, 0.2) is 22.7 Å². The fourth-order valence-corrected chi connectivity index (χ4v) is 3.28. The number of aryl methyl sites for hydroxylation is 1. The van der Waals surface area contributed by atoms with Crippen molar-refractivity contribution in [2.75, 3.05) is 20.1 Å². The average Bonchev–Trinajstić information content (AvgIpc) is 2.36. The Labute approximate surface area is 122 Å². The van der Waals surface area contributed by atoms with Crippen LogP contribution in [0.5, 0.6) is 0 Å². The maximum atomic E-state index is 11.7. The van der Waals surface area contributed by atoms with Gasteiger partial charge in [0.2, 0.25) is 0 Å². The summed E-state index contributed by atoms with van der Waals surface area (Å²) in [5.74, 6) is -0.844. The summed E-state index contributed by atoms with van der Waals surface area (Å²) in [5, 5.41) is 9.63. The van der Waals surface area contributed by atoms with Crippen molar-refractivity contribution < 1.29 is 9.90 Å². The zero-order valence-electron chi connectivity index (χ0n) is 11.4. The first-order chi connectivity index (χ1) is 8.99. The molecule has 0 amide bonds. The standard InChI is InChI=1S/C15H20BrNO2/c1-10-3-4-12(16)9-13(10)14(15(18)19)11-5-7-17(2)8-6-11/h3-4,9,11,14H,5-8H2,1-2H3,(H,18,19). The van der Waals surface area contributed by atoms with Crippen molar-refractivity contribution in [3.8, 4) is 0 Å². The number of carboxylic acids is 1. The van der Waals surface area contributed by atoms with E-state index < -0.39 is 5.97 Å². The van der Waals surface area contributed by atoms with Gasteiger partial charge in [-0.15, -0.1) is 0 Å². The molecule has 1 aliphatic heterocycles. The van der Waals surface area contributed by atoms with Crippen molar-refractivity contribution in [2.45, 2.75) is 25.7 Å². The molecule has 1 atom stereocenters. The van der Waals surface area contributed by atoms with E-state index >= 15 is 0 Å². The van der Waals surface area contributed by atoms with Gasteiger partial charge in [-0.2, -0.15) is 0 Å². The van der Waals surface area contributed by atoms with Crippen LogP contribution in [-0.4, -0.2) is 36.1 Å². The van der Waals surface area contributed by atoms with Gasteiger partial charge in [0, 0.05) is 4.47 Å². The van der Waals surface area contributed by atoms with Gasteiger partial charge in [-0.1, -0.05) is 22.0 Å². The number of nitrogens with zero attached hydrogens (tertiary/aromatic N) is 1. The van der Waals surface area contributed by atoms with Crippen LogP contribution in [0, 0.1) is 12.8 Å². The molecule has 1 unspecified atom stereocenters. The van der Waals surface area contributed by atoms with Crippen LogP contribution >= 0.6 is 15.9 Å². The van der Waals surface area contributed by atoms with E-state index in [1.807, 2.05) is 25.1 Å². The first kappa shape index (κ1) is 14.5. The predicted molar refractivity (Wildman–Crippen MR) is 79.5 cm³/mol. The van der Waals surface area contributed by atoms with Crippen molar-refractivity contribution in [1.82, 2.24) is 4.90 Å². The van der Waals surface area contributed by atoms with Gasteiger partial charge in [0.15, 0.2) is 0 Å². The molecule has 0 aliphatic carbocycles. The number of benzene rings is 1. The number of aliphatic carboxylic acids is 1. The number of hydrogen-bond donors (Lipinski definition) is 1. The van der Waals surface area contributed by atoms with Crippen LogP contribution in [0.2, 0.25) is 0 Å². The summed E-state index contributed by atoms with van der Waals surface area (Å²) in [6.07, 6.45) is 1.92. The van der Waals surface area contributed by atoms with Crippen LogP contribution in [-0.2, 0) is 4.79 Å². The molecule has 1 aromatic carbocycles. The molecule has 0 aromatic heterocycles. The summed E-state index contributed by atoms with van der Waals surface area (Å²) in [6, 6.07) is 5.92. The van der Waals surface area contributed by atoms with Gasteiger partial charge in [-0.05, 0) is 69.1 Å². The Kier molecular flexibility index (Phi) is 4.63. The van der Waals surface area contributed by atoms with E-state index in [-0.39, 0.29) is 11.8 Å². The molecule has 1 heterocycles. The smallest absolute Gasteiger partial charge is 0.311 e. The number of piperidine rings is 1. The molecule has 2 rings (SSSR count). The number of rotatable bonds is 3. The average molecular weight is 326 g/mol. The normalized spacial score (nSPS) is 19.3. The van der Waals surface area contributed by atoms with Crippen LogP contribution in [0.1, 0.15) is 29.9 Å². The first-order valence-corrected chi connectivity index (χ1v) is 7.45. The highest BCUT2D eigenvalue weighted by molar-refractivity contribution is 9.10. The number of hydrogen-bond acceptors (Lipinski definition) is 2. The highest BCUT2D eigenvalue weighted by atomic mass is 79.9. The van der Waals surface area contributed by atoms with Gasteiger partial charge < -0.3 is 10.0 Å². The van der Waals surface area contributed by atoms with Crippen LogP contribution in [0.3, 0.4) is 0 Å². The fourth-order valence-electron chi connectivity index (χ4n) is 2.90. The molecule has 0 spiro atoms. The van der Waals surface area contributed by atoms with Crippen molar-refractivity contribution >= 4 is 21.9 Å². The molecule has 1 saturated heterocycles. The molecule has 1 N–H and O–H groups in total. The molecule has 0 radical (unpaired) electrons. The maximum absolute atomic E-state index is 11.7. The van der Waals surface area contributed by atoms with Crippen LogP contribution in [0.4, 0.5) is 0 Å². The molecule has 19 heavy (non-hydrogen) atoms. The second-order valence-corrected chi connectivity index (χ2v) is 6.37. The molecule has 1 aromatic rings. The second kappa shape index (κ2) is 6.06. The zero-order valence-corrected chi connectivity index (χ0v) is 13.0. The summed E-state index contributed by atoms with van der Waals surface area (Å²) in [6.45, 7) is 3.97. The minimum Gasteiger partial charge on any atom is -0.481 e. The third kappa shape index (κ3) is 3.37. The Hall–Kier alpha value is -0.870. The third-order valence-electron chi connectivity index (χ3n) is 4.08. The largest absolute Gasteiger partial charge is 0.481 e. The van der Waals surface area contributed by atoms with Gasteiger partial charge in [0.1, 0.15) is 0 Å². The Morgan fingerprint density at radius 1 is 1.42 bits per heavy atom. The van der Waals surface area contributed by atoms with Crippen molar-refractivity contribution in [1.29, 1.82) is 0 Å². The minimum atomic E-state index is -0.698. The lowest BCUT2D eigenvalue weighted by molar-refractivity contribution is -0.140. The summed E-state index contributed by atoms with van der Waals surface area (Å²) in [4.78, 5) is 14.0. The maximum Gasteiger partial charge on any atom is 0.311 e. The van der Waals surface area contributed by atoms with Gasteiger partial charge >= 0.3 is 5.97 Å². The molecule has 3 nitrogen and oxygen atoms in total. The van der Waals surface area contributed by atoms with E-state index in [0.717, 1.165) is 41.5 Å². The first-order valence-electron chi connectivity index (χ1n) is 6.66. The molecule has 4 heteroatoms. The summed E-state index contributed by atoms with van der Waals surface area (Å²) in [5.41, 5.74) is 2.02. The SMILES string of the molecule is Cc1ccc(Br)cc1C(C(=O)O)C1CCN(C)CC1. The lowest BCUT2D eigenvalue weighted by Crippen LogP contribution is -2.35. The lowest BCUT2D eigenvalue weighted by Gasteiger charge is -2.33. The van der Waals surface area contributed by atoms with Gasteiger partial charge in [0.05, 0.1) is 5.92 Å². The lowest BCUT2D eigenvalue weighted by atomic mass is 9.79. The molecule has 0 bridgehead atoms. The predicted octanol–water partition coefficient (Wildman–Crippen LogP) is 3.27. The second-order valence-electron chi connectivity index (χ2n) is 5.46. The van der Waals surface area contributed by atoms with E-state index in [9.17, 15) is 9.90 Å². The zero-order chi connectivity index (χ0) is 14.0. The van der Waals surface area contributed by atoms with E-state index in [1.165, 1.54) is 0 Å². The third-order valence-corrected chi connectivity index (χ3v) is 4.57. The van der Waals surface area contributed by atoms with E-state index in [2.05, 4.69) is 27.9 Å². The van der Waals surface area contributed by atoms with Crippen LogP contribution in [0.25, 0.3) is 0 Å². The fraction of sp³-hybridized carbons (Fsp3) is 0.533. The van der Waals surface area contributed by atoms with Crippen molar-refractivity contribution in [3.63, 3.8) is 0 Å². The molecule has 1 aliphatic rings. The molecule has 104 valence electrons. The number of likely N-dealkylation sites (tertiary alicyclic amines) is 1. The Morgan fingerprint density at radius 3 is 2.63 bits per heavy atom. The van der Waals surface area contributed by atoms with Gasteiger partial charge in [0.25, 0.3) is 0 Å². The topological polar surface area (TPSA) is 40.5 Å². The summed E-state index contributed by atoms with van der Waals surface area (Å²) >= 11 is 3.45. The van der Waals surface area contributed by atoms with E-state index in [4.69, 9.17) is 0 Å². The van der Waals surface area contributed by atoms with E-state index in [1.54, 1.807) is 0 Å². The highest BCUT2D eigenvalue weighted by Gasteiger charge is 2.32. The Morgan fingerprint density at radius 2 is 2.05 bits per heavy atom.